The number of carbonyl (C=O) groups excluding carboxylic acids is 1. The smallest absolute Gasteiger partial charge is 0.433 e. The number of nitrogens with one attached hydrogen (secondary N) is 1. The van der Waals surface area contributed by atoms with Crippen molar-refractivity contribution in [2.45, 2.75) is 6.92 Å². The fourth-order valence-corrected chi connectivity index (χ4v) is 1.56. The highest BCUT2D eigenvalue weighted by atomic mass is 16.6. The second-order valence-corrected chi connectivity index (χ2v) is 4.33. The highest BCUT2D eigenvalue weighted by Gasteiger charge is 2.10. The Morgan fingerprint density at radius 3 is 2.95 bits per heavy atom. The zero-order valence-electron chi connectivity index (χ0n) is 11.7. The first-order valence-corrected chi connectivity index (χ1v) is 6.30. The normalized spacial score (nSPS) is 10.6. The van der Waals surface area contributed by atoms with Crippen molar-refractivity contribution in [3.8, 4) is 5.75 Å². The van der Waals surface area contributed by atoms with Crippen LogP contribution in [-0.4, -0.2) is 23.7 Å². The average molecular weight is 303 g/mol. The van der Waals surface area contributed by atoms with Crippen LogP contribution in [0, 0.1) is 17.0 Å². The van der Waals surface area contributed by atoms with E-state index in [2.05, 4.69) is 10.5 Å². The summed E-state index contributed by atoms with van der Waals surface area (Å²) in [5, 5.41) is 14.0. The molecule has 0 unspecified atom stereocenters. The maximum atomic E-state index is 11.5. The molecule has 114 valence electrons. The molecule has 0 aliphatic heterocycles. The van der Waals surface area contributed by atoms with Gasteiger partial charge in [-0.15, -0.1) is 0 Å². The fraction of sp³-hybridized carbons (Fsp3) is 0.143. The number of ether oxygens (including phenoxy) is 1. The molecule has 1 aromatic carbocycles. The van der Waals surface area contributed by atoms with Crippen molar-refractivity contribution >= 4 is 18.0 Å². The number of amides is 1. The second-order valence-electron chi connectivity index (χ2n) is 4.33. The molecule has 1 N–H and O–H groups in total. The number of benzene rings is 1. The van der Waals surface area contributed by atoms with Gasteiger partial charge in [-0.25, -0.2) is 5.43 Å². The largest absolute Gasteiger partial charge is 0.484 e. The van der Waals surface area contributed by atoms with Crippen LogP contribution in [0.25, 0.3) is 0 Å². The van der Waals surface area contributed by atoms with Gasteiger partial charge in [-0.05, 0) is 30.7 Å². The van der Waals surface area contributed by atoms with Gasteiger partial charge in [-0.2, -0.15) is 5.10 Å². The first kappa shape index (κ1) is 15.2. The van der Waals surface area contributed by atoms with E-state index in [0.717, 1.165) is 11.8 Å². The summed E-state index contributed by atoms with van der Waals surface area (Å²) in [5.41, 5.74) is 3.25. The molecule has 0 spiro atoms. The summed E-state index contributed by atoms with van der Waals surface area (Å²) in [6, 6.07) is 9.86. The zero-order valence-corrected chi connectivity index (χ0v) is 11.7. The Hall–Kier alpha value is -3.16. The Morgan fingerprint density at radius 1 is 1.45 bits per heavy atom. The van der Waals surface area contributed by atoms with Crippen LogP contribution in [-0.2, 0) is 4.79 Å². The second kappa shape index (κ2) is 7.02. The van der Waals surface area contributed by atoms with Gasteiger partial charge in [-0.1, -0.05) is 12.1 Å². The molecular formula is C14H13N3O5. The molecule has 0 aliphatic carbocycles. The molecule has 0 saturated carbocycles. The molecule has 1 amide bonds. The van der Waals surface area contributed by atoms with Gasteiger partial charge in [0.2, 0.25) is 0 Å². The van der Waals surface area contributed by atoms with E-state index >= 15 is 0 Å². The van der Waals surface area contributed by atoms with Crippen molar-refractivity contribution in [1.29, 1.82) is 0 Å². The monoisotopic (exact) mass is 303 g/mol. The Morgan fingerprint density at radius 2 is 2.27 bits per heavy atom. The zero-order chi connectivity index (χ0) is 15.9. The molecule has 8 heteroatoms. The van der Waals surface area contributed by atoms with Crippen LogP contribution in [0.2, 0.25) is 0 Å². The number of nitrogens with zero attached hydrogens (tertiary/aromatic N) is 2. The SMILES string of the molecule is Cc1cccc(OCC(=O)N/N=C\c2ccc([N+](=O)[O-])o2)c1. The fourth-order valence-electron chi connectivity index (χ4n) is 1.56. The number of hydrogen-bond donors (Lipinski definition) is 1. The Balaban J connectivity index is 1.79. The molecular weight excluding hydrogens is 290 g/mol. The summed E-state index contributed by atoms with van der Waals surface area (Å²) >= 11 is 0. The van der Waals surface area contributed by atoms with Crippen molar-refractivity contribution in [3.05, 3.63) is 57.8 Å². The Kier molecular flexibility index (Phi) is 4.86. The minimum atomic E-state index is -0.661. The molecule has 0 aliphatic rings. The molecule has 2 rings (SSSR count). The molecule has 0 atom stereocenters. The van der Waals surface area contributed by atoms with E-state index in [9.17, 15) is 14.9 Å². The predicted molar refractivity (Wildman–Crippen MR) is 77.8 cm³/mol. The number of furan rings is 1. The lowest BCUT2D eigenvalue weighted by Gasteiger charge is -2.05. The van der Waals surface area contributed by atoms with E-state index in [-0.39, 0.29) is 12.4 Å². The van der Waals surface area contributed by atoms with Gasteiger partial charge in [0, 0.05) is 0 Å². The van der Waals surface area contributed by atoms with Crippen LogP contribution in [0.5, 0.6) is 5.75 Å². The lowest BCUT2D eigenvalue weighted by atomic mass is 10.2. The molecule has 0 fully saturated rings. The van der Waals surface area contributed by atoms with E-state index in [4.69, 9.17) is 9.15 Å². The summed E-state index contributed by atoms with van der Waals surface area (Å²) in [6.45, 7) is 1.72. The van der Waals surface area contributed by atoms with Crippen molar-refractivity contribution in [3.63, 3.8) is 0 Å². The van der Waals surface area contributed by atoms with Crippen LogP contribution in [0.1, 0.15) is 11.3 Å². The number of nitro groups is 1. The topological polar surface area (TPSA) is 107 Å². The van der Waals surface area contributed by atoms with E-state index in [1.165, 1.54) is 12.1 Å². The van der Waals surface area contributed by atoms with Gasteiger partial charge in [0.25, 0.3) is 5.91 Å². The third-order valence-electron chi connectivity index (χ3n) is 2.53. The maximum absolute atomic E-state index is 11.5. The molecule has 1 heterocycles. The minimum absolute atomic E-state index is 0.159. The van der Waals surface area contributed by atoms with Gasteiger partial charge < -0.3 is 9.15 Å². The van der Waals surface area contributed by atoms with E-state index < -0.39 is 16.7 Å². The maximum Gasteiger partial charge on any atom is 0.433 e. The standard InChI is InChI=1S/C14H13N3O5/c1-10-3-2-4-11(7-10)21-9-13(18)16-15-8-12-5-6-14(22-12)17(19)20/h2-8H,9H2,1H3,(H,16,18)/b15-8-. The molecule has 2 aromatic rings. The van der Waals surface area contributed by atoms with E-state index in [1.54, 1.807) is 12.1 Å². The van der Waals surface area contributed by atoms with Gasteiger partial charge in [-0.3, -0.25) is 14.9 Å². The quantitative estimate of drug-likeness (QED) is 0.499. The van der Waals surface area contributed by atoms with E-state index in [0.29, 0.717) is 5.75 Å². The molecule has 0 saturated heterocycles. The van der Waals surface area contributed by atoms with Gasteiger partial charge in [0.15, 0.2) is 12.4 Å². The first-order valence-electron chi connectivity index (χ1n) is 6.30. The summed E-state index contributed by atoms with van der Waals surface area (Å²) in [6.07, 6.45) is 1.16. The van der Waals surface area contributed by atoms with Gasteiger partial charge in [0.1, 0.15) is 10.7 Å². The summed E-state index contributed by atoms with van der Waals surface area (Å²) in [7, 11) is 0. The summed E-state index contributed by atoms with van der Waals surface area (Å²) < 4.78 is 10.1. The number of aryl methyl sites for hydroxylation is 1. The number of hydrogen-bond acceptors (Lipinski definition) is 6. The highest BCUT2D eigenvalue weighted by molar-refractivity contribution is 5.81. The predicted octanol–water partition coefficient (Wildman–Crippen LogP) is 2.03. The van der Waals surface area contributed by atoms with Gasteiger partial charge in [0.05, 0.1) is 12.3 Å². The van der Waals surface area contributed by atoms with Gasteiger partial charge >= 0.3 is 5.88 Å². The van der Waals surface area contributed by atoms with Crippen molar-refractivity contribution in [1.82, 2.24) is 5.43 Å². The summed E-state index contributed by atoms with van der Waals surface area (Å²) in [5.74, 6) is -0.109. The van der Waals surface area contributed by atoms with E-state index in [1.807, 2.05) is 19.1 Å². The summed E-state index contributed by atoms with van der Waals surface area (Å²) in [4.78, 5) is 21.3. The lowest BCUT2D eigenvalue weighted by molar-refractivity contribution is -0.402. The average Bonchev–Trinajstić information content (AvgIpc) is 2.94. The minimum Gasteiger partial charge on any atom is -0.484 e. The Bertz CT molecular complexity index is 708. The lowest BCUT2D eigenvalue weighted by Crippen LogP contribution is -2.24. The van der Waals surface area contributed by atoms with Crippen LogP contribution in [0.3, 0.4) is 0 Å². The van der Waals surface area contributed by atoms with Crippen LogP contribution in [0.4, 0.5) is 5.88 Å². The molecule has 22 heavy (non-hydrogen) atoms. The third kappa shape index (κ3) is 4.44. The van der Waals surface area contributed by atoms with Crippen molar-refractivity contribution in [2.24, 2.45) is 5.10 Å². The number of carbonyl (C=O) groups is 1. The molecule has 0 bridgehead atoms. The van der Waals surface area contributed by atoms with Crippen molar-refractivity contribution < 1.29 is 18.9 Å². The third-order valence-corrected chi connectivity index (χ3v) is 2.53. The Labute approximate surface area is 125 Å². The molecule has 0 radical (unpaired) electrons. The number of hydrazone groups is 1. The van der Waals surface area contributed by atoms with Crippen molar-refractivity contribution in [2.75, 3.05) is 6.61 Å². The highest BCUT2D eigenvalue weighted by Crippen LogP contribution is 2.14. The van der Waals surface area contributed by atoms with Crippen LogP contribution < -0.4 is 10.2 Å². The first-order chi connectivity index (χ1) is 10.5. The molecule has 8 nitrogen and oxygen atoms in total. The van der Waals surface area contributed by atoms with Crippen LogP contribution >= 0.6 is 0 Å². The number of rotatable bonds is 6. The van der Waals surface area contributed by atoms with Crippen LogP contribution in [0.15, 0.2) is 45.9 Å². The molecule has 1 aromatic heterocycles.